The highest BCUT2D eigenvalue weighted by atomic mass is 19.1. The smallest absolute Gasteiger partial charge is 0.303 e. The zero-order valence-electron chi connectivity index (χ0n) is 16.8. The number of ether oxygens (including phenoxy) is 2. The number of benzene rings is 2. The molecular weight excluding hydrogens is 371 g/mol. The zero-order valence-corrected chi connectivity index (χ0v) is 16.8. The Labute approximate surface area is 170 Å². The fourth-order valence-electron chi connectivity index (χ4n) is 4.65. The first kappa shape index (κ1) is 19.7. The molecule has 0 unspecified atom stereocenters. The molecule has 0 radical (unpaired) electrons. The number of hydrogen-bond acceptors (Lipinski definition) is 3. The molecule has 4 rings (SSSR count). The average molecular weight is 398 g/mol. The average Bonchev–Trinajstić information content (AvgIpc) is 3.30. The van der Waals surface area contributed by atoms with Gasteiger partial charge in [-0.25, -0.2) is 4.39 Å². The van der Waals surface area contributed by atoms with Crippen molar-refractivity contribution in [3.8, 4) is 11.5 Å². The van der Waals surface area contributed by atoms with Gasteiger partial charge in [-0.2, -0.15) is 0 Å². The summed E-state index contributed by atoms with van der Waals surface area (Å²) >= 11 is 0. The van der Waals surface area contributed by atoms with Crippen molar-refractivity contribution in [2.24, 2.45) is 0 Å². The number of halogens is 1. The van der Waals surface area contributed by atoms with E-state index in [0.717, 1.165) is 66.5 Å². The number of carbonyl (C=O) groups is 1. The van der Waals surface area contributed by atoms with Crippen molar-refractivity contribution < 1.29 is 23.8 Å². The summed E-state index contributed by atoms with van der Waals surface area (Å²) in [7, 11) is 0. The number of aryl methyl sites for hydroxylation is 2. The lowest BCUT2D eigenvalue weighted by atomic mass is 9.95. The van der Waals surface area contributed by atoms with Crippen molar-refractivity contribution in [2.75, 3.05) is 0 Å². The molecule has 2 aromatic carbocycles. The highest BCUT2D eigenvalue weighted by Gasteiger charge is 2.42. The molecule has 2 aliphatic rings. The zero-order chi connectivity index (χ0) is 20.4. The lowest BCUT2D eigenvalue weighted by molar-refractivity contribution is -0.136. The summed E-state index contributed by atoms with van der Waals surface area (Å²) < 4.78 is 26.5. The largest absolute Gasteiger partial charge is 0.489 e. The van der Waals surface area contributed by atoms with Crippen LogP contribution in [0.15, 0.2) is 30.3 Å². The van der Waals surface area contributed by atoms with Crippen molar-refractivity contribution in [3.63, 3.8) is 0 Å². The van der Waals surface area contributed by atoms with Crippen molar-refractivity contribution in [3.05, 3.63) is 58.4 Å². The third kappa shape index (κ3) is 4.24. The molecule has 1 fully saturated rings. The van der Waals surface area contributed by atoms with Crippen LogP contribution < -0.4 is 9.47 Å². The molecule has 1 saturated carbocycles. The number of aliphatic carboxylic acids is 1. The molecule has 4 nitrogen and oxygen atoms in total. The molecule has 0 bridgehead atoms. The van der Waals surface area contributed by atoms with Crippen molar-refractivity contribution in [1.29, 1.82) is 0 Å². The molecule has 0 aromatic heterocycles. The van der Waals surface area contributed by atoms with Crippen LogP contribution in [0, 0.1) is 5.82 Å². The molecule has 154 valence electrons. The summed E-state index contributed by atoms with van der Waals surface area (Å²) in [6, 6.07) is 8.84. The van der Waals surface area contributed by atoms with Gasteiger partial charge >= 0.3 is 5.97 Å². The van der Waals surface area contributed by atoms with Gasteiger partial charge in [-0.05, 0) is 73.9 Å². The lowest BCUT2D eigenvalue weighted by Gasteiger charge is -2.23. The Balaban J connectivity index is 1.49. The van der Waals surface area contributed by atoms with E-state index in [1.165, 1.54) is 6.07 Å². The second kappa shape index (κ2) is 8.05. The first-order valence-corrected chi connectivity index (χ1v) is 10.4. The van der Waals surface area contributed by atoms with Crippen LogP contribution in [0.2, 0.25) is 0 Å². The second-order valence-corrected chi connectivity index (χ2v) is 8.19. The first-order chi connectivity index (χ1) is 14.0. The van der Waals surface area contributed by atoms with Gasteiger partial charge in [0, 0.05) is 24.0 Å². The van der Waals surface area contributed by atoms with Gasteiger partial charge in [0.05, 0.1) is 0 Å². The Kier molecular flexibility index (Phi) is 5.48. The van der Waals surface area contributed by atoms with Crippen molar-refractivity contribution in [1.82, 2.24) is 0 Å². The van der Waals surface area contributed by atoms with E-state index in [4.69, 9.17) is 14.6 Å². The van der Waals surface area contributed by atoms with E-state index in [0.29, 0.717) is 12.2 Å². The number of hydrogen-bond donors (Lipinski definition) is 1. The molecular formula is C24H27FO4. The van der Waals surface area contributed by atoms with Crippen LogP contribution in [0.5, 0.6) is 11.5 Å². The maximum Gasteiger partial charge on any atom is 0.303 e. The predicted octanol–water partition coefficient (Wildman–Crippen LogP) is 5.23. The number of fused-ring (bicyclic) bond motifs is 1. The molecule has 2 aromatic rings. The summed E-state index contributed by atoms with van der Waals surface area (Å²) in [5, 5.41) is 8.91. The minimum atomic E-state index is -0.799. The summed E-state index contributed by atoms with van der Waals surface area (Å²) in [4.78, 5) is 10.8. The molecule has 5 heteroatoms. The van der Waals surface area contributed by atoms with Gasteiger partial charge in [-0.15, -0.1) is 0 Å². The molecule has 1 aliphatic carbocycles. The first-order valence-electron chi connectivity index (χ1n) is 10.4. The van der Waals surface area contributed by atoms with Crippen LogP contribution in [0.3, 0.4) is 0 Å². The van der Waals surface area contributed by atoms with E-state index >= 15 is 0 Å². The summed E-state index contributed by atoms with van der Waals surface area (Å²) in [5.41, 5.74) is 3.65. The Hall–Kier alpha value is -2.56. The van der Waals surface area contributed by atoms with Gasteiger partial charge in [-0.1, -0.05) is 13.0 Å². The van der Waals surface area contributed by atoms with Crippen LogP contribution in [0.4, 0.5) is 4.39 Å². The molecule has 29 heavy (non-hydrogen) atoms. The molecule has 1 heterocycles. The van der Waals surface area contributed by atoms with Gasteiger partial charge in [0.1, 0.15) is 29.5 Å². The van der Waals surface area contributed by atoms with Gasteiger partial charge in [0.15, 0.2) is 0 Å². The molecule has 0 amide bonds. The van der Waals surface area contributed by atoms with E-state index in [1.54, 1.807) is 6.07 Å². The Bertz CT molecular complexity index is 915. The van der Waals surface area contributed by atoms with Gasteiger partial charge in [0.2, 0.25) is 0 Å². The molecule has 1 N–H and O–H groups in total. The highest BCUT2D eigenvalue weighted by molar-refractivity contribution is 5.67. The SMILES string of the molecule is CCc1cc(OCc2cc(F)cc3c2OC2(CCCC2)C3)ccc1CCC(=O)O. The fraction of sp³-hybridized carbons (Fsp3) is 0.458. The molecule has 1 spiro atoms. The van der Waals surface area contributed by atoms with Crippen LogP contribution in [0.1, 0.15) is 61.3 Å². The normalized spacial score (nSPS) is 16.6. The molecule has 0 saturated heterocycles. The standard InChI is InChI=1S/C24H27FO4/c1-2-16-13-21(7-5-17(16)6-8-22(26)27)28-15-19-12-20(25)11-18-14-24(29-23(18)19)9-3-4-10-24/h5,7,11-13H,2-4,6,8-10,14-15H2,1H3,(H,26,27). The van der Waals surface area contributed by atoms with Crippen LogP contribution in [0.25, 0.3) is 0 Å². The maximum absolute atomic E-state index is 14.2. The highest BCUT2D eigenvalue weighted by Crippen LogP contribution is 2.46. The Morgan fingerprint density at radius 3 is 2.69 bits per heavy atom. The topological polar surface area (TPSA) is 55.8 Å². The molecule has 0 atom stereocenters. The van der Waals surface area contributed by atoms with E-state index in [9.17, 15) is 9.18 Å². The van der Waals surface area contributed by atoms with Crippen LogP contribution in [-0.4, -0.2) is 16.7 Å². The van der Waals surface area contributed by atoms with Crippen LogP contribution in [-0.2, 0) is 30.7 Å². The number of carboxylic acids is 1. The quantitative estimate of drug-likeness (QED) is 0.694. The van der Waals surface area contributed by atoms with Crippen molar-refractivity contribution in [2.45, 2.75) is 70.5 Å². The third-order valence-corrected chi connectivity index (χ3v) is 6.11. The second-order valence-electron chi connectivity index (χ2n) is 8.19. The van der Waals surface area contributed by atoms with Gasteiger partial charge in [0.25, 0.3) is 0 Å². The van der Waals surface area contributed by atoms with Gasteiger partial charge < -0.3 is 14.6 Å². The van der Waals surface area contributed by atoms with E-state index in [-0.39, 0.29) is 24.4 Å². The van der Waals surface area contributed by atoms with E-state index in [1.807, 2.05) is 25.1 Å². The van der Waals surface area contributed by atoms with Crippen LogP contribution >= 0.6 is 0 Å². The minimum absolute atomic E-state index is 0.113. The predicted molar refractivity (Wildman–Crippen MR) is 108 cm³/mol. The summed E-state index contributed by atoms with van der Waals surface area (Å²) in [6.45, 7) is 2.28. The number of carboxylic acid groups (broad SMARTS) is 1. The maximum atomic E-state index is 14.2. The Morgan fingerprint density at radius 1 is 1.17 bits per heavy atom. The molecule has 1 aliphatic heterocycles. The van der Waals surface area contributed by atoms with E-state index < -0.39 is 5.97 Å². The summed E-state index contributed by atoms with van der Waals surface area (Å²) in [6.07, 6.45) is 6.58. The fourth-order valence-corrected chi connectivity index (χ4v) is 4.65. The monoisotopic (exact) mass is 398 g/mol. The van der Waals surface area contributed by atoms with Gasteiger partial charge in [-0.3, -0.25) is 4.79 Å². The third-order valence-electron chi connectivity index (χ3n) is 6.11. The lowest BCUT2D eigenvalue weighted by Crippen LogP contribution is -2.30. The van der Waals surface area contributed by atoms with E-state index in [2.05, 4.69) is 0 Å². The van der Waals surface area contributed by atoms with Crippen molar-refractivity contribution >= 4 is 5.97 Å². The minimum Gasteiger partial charge on any atom is -0.489 e. The Morgan fingerprint density at radius 2 is 1.97 bits per heavy atom. The summed E-state index contributed by atoms with van der Waals surface area (Å²) in [5.74, 6) is 0.446. The number of rotatable bonds is 7.